The molecule has 5 heteroatoms. The molecule has 2 rings (SSSR count). The lowest BCUT2D eigenvalue weighted by atomic mass is 10.1. The minimum absolute atomic E-state index is 0.108. The summed E-state index contributed by atoms with van der Waals surface area (Å²) >= 11 is 5.85. The van der Waals surface area contributed by atoms with Gasteiger partial charge < -0.3 is 4.52 Å². The van der Waals surface area contributed by atoms with E-state index in [2.05, 4.69) is 10.1 Å². The van der Waals surface area contributed by atoms with Crippen LogP contribution in [0.1, 0.15) is 29.0 Å². The second kappa shape index (κ2) is 4.45. The summed E-state index contributed by atoms with van der Waals surface area (Å²) in [6, 6.07) is 7.36. The number of carbonyl (C=O) groups is 1. The number of rotatable bonds is 3. The van der Waals surface area contributed by atoms with Crippen LogP contribution in [0.15, 0.2) is 28.8 Å². The molecule has 0 spiro atoms. The van der Waals surface area contributed by atoms with Gasteiger partial charge in [-0.1, -0.05) is 28.9 Å². The summed E-state index contributed by atoms with van der Waals surface area (Å²) in [6.45, 7) is 1.40. The molecule has 2 aromatic rings. The van der Waals surface area contributed by atoms with Gasteiger partial charge in [-0.15, -0.1) is 0 Å². The van der Waals surface area contributed by atoms with Crippen LogP contribution in [-0.2, 0) is 6.42 Å². The van der Waals surface area contributed by atoms with Gasteiger partial charge in [0.05, 0.1) is 6.42 Å². The van der Waals surface area contributed by atoms with Gasteiger partial charge in [0.15, 0.2) is 0 Å². The van der Waals surface area contributed by atoms with Crippen molar-refractivity contribution in [3.05, 3.63) is 46.6 Å². The van der Waals surface area contributed by atoms with Crippen LogP contribution in [0.25, 0.3) is 0 Å². The van der Waals surface area contributed by atoms with Crippen LogP contribution in [0.5, 0.6) is 0 Å². The third-order valence-electron chi connectivity index (χ3n) is 2.03. The van der Waals surface area contributed by atoms with Gasteiger partial charge in [-0.25, -0.2) is 0 Å². The molecule has 0 fully saturated rings. The van der Waals surface area contributed by atoms with Crippen molar-refractivity contribution < 1.29 is 9.32 Å². The van der Waals surface area contributed by atoms with Crippen LogP contribution < -0.4 is 0 Å². The lowest BCUT2D eigenvalue weighted by Gasteiger charge is -1.96. The van der Waals surface area contributed by atoms with Crippen molar-refractivity contribution in [3.8, 4) is 0 Å². The van der Waals surface area contributed by atoms with E-state index in [1.807, 2.05) is 18.2 Å². The first-order valence-electron chi connectivity index (χ1n) is 4.73. The quantitative estimate of drug-likeness (QED) is 0.769. The molecule has 4 nitrogen and oxygen atoms in total. The van der Waals surface area contributed by atoms with E-state index in [4.69, 9.17) is 16.1 Å². The summed E-state index contributed by atoms with van der Waals surface area (Å²) in [7, 11) is 0. The highest BCUT2D eigenvalue weighted by molar-refractivity contribution is 6.30. The SMILES string of the molecule is CC(=O)c1noc(Cc2cccc(Cl)c2)n1. The average Bonchev–Trinajstić information content (AvgIpc) is 2.66. The summed E-state index contributed by atoms with van der Waals surface area (Å²) in [4.78, 5) is 14.9. The first-order valence-corrected chi connectivity index (χ1v) is 5.11. The maximum Gasteiger partial charge on any atom is 0.238 e. The smallest absolute Gasteiger partial charge is 0.238 e. The number of halogens is 1. The Morgan fingerprint density at radius 3 is 2.94 bits per heavy atom. The van der Waals surface area contributed by atoms with Crippen molar-refractivity contribution in [2.45, 2.75) is 13.3 Å². The van der Waals surface area contributed by atoms with Crippen LogP contribution in [0.4, 0.5) is 0 Å². The van der Waals surface area contributed by atoms with E-state index in [9.17, 15) is 4.79 Å². The van der Waals surface area contributed by atoms with Gasteiger partial charge in [0.25, 0.3) is 0 Å². The lowest BCUT2D eigenvalue weighted by Crippen LogP contribution is -1.95. The fourth-order valence-electron chi connectivity index (χ4n) is 1.29. The van der Waals surface area contributed by atoms with Gasteiger partial charge in [0.1, 0.15) is 0 Å². The molecule has 0 N–H and O–H groups in total. The number of aromatic nitrogens is 2. The molecule has 0 bridgehead atoms. The van der Waals surface area contributed by atoms with Gasteiger partial charge in [-0.2, -0.15) is 4.98 Å². The molecule has 1 aromatic carbocycles. The molecular formula is C11H9ClN2O2. The Bertz CT molecular complexity index is 522. The highest BCUT2D eigenvalue weighted by atomic mass is 35.5. The molecule has 16 heavy (non-hydrogen) atoms. The molecule has 82 valence electrons. The fraction of sp³-hybridized carbons (Fsp3) is 0.182. The number of Topliss-reactive ketones (excluding diaryl/α,β-unsaturated/α-hetero) is 1. The normalized spacial score (nSPS) is 10.4. The van der Waals surface area contributed by atoms with Crippen molar-refractivity contribution in [1.82, 2.24) is 10.1 Å². The summed E-state index contributed by atoms with van der Waals surface area (Å²) in [6.07, 6.45) is 0.473. The molecule has 0 unspecified atom stereocenters. The summed E-state index contributed by atoms with van der Waals surface area (Å²) in [5.74, 6) is 0.311. The second-order valence-electron chi connectivity index (χ2n) is 3.37. The second-order valence-corrected chi connectivity index (χ2v) is 3.81. The van der Waals surface area contributed by atoms with Crippen LogP contribution in [0.3, 0.4) is 0 Å². The Balaban J connectivity index is 2.17. The molecule has 1 aromatic heterocycles. The van der Waals surface area contributed by atoms with E-state index in [-0.39, 0.29) is 11.6 Å². The largest absolute Gasteiger partial charge is 0.339 e. The van der Waals surface area contributed by atoms with E-state index in [1.165, 1.54) is 6.92 Å². The van der Waals surface area contributed by atoms with Gasteiger partial charge in [0, 0.05) is 11.9 Å². The van der Waals surface area contributed by atoms with Gasteiger partial charge in [0.2, 0.25) is 17.5 Å². The number of ketones is 1. The van der Waals surface area contributed by atoms with Crippen molar-refractivity contribution in [3.63, 3.8) is 0 Å². The highest BCUT2D eigenvalue weighted by Gasteiger charge is 2.10. The van der Waals surface area contributed by atoms with E-state index < -0.39 is 0 Å². The van der Waals surface area contributed by atoms with E-state index in [0.29, 0.717) is 17.3 Å². The number of carbonyl (C=O) groups excluding carboxylic acids is 1. The van der Waals surface area contributed by atoms with Crippen LogP contribution in [0.2, 0.25) is 5.02 Å². The Morgan fingerprint density at radius 1 is 1.50 bits per heavy atom. The predicted molar refractivity (Wildman–Crippen MR) is 58.6 cm³/mol. The van der Waals surface area contributed by atoms with E-state index >= 15 is 0 Å². The van der Waals surface area contributed by atoms with Crippen molar-refractivity contribution in [1.29, 1.82) is 0 Å². The predicted octanol–water partition coefficient (Wildman–Crippen LogP) is 2.52. The van der Waals surface area contributed by atoms with E-state index in [0.717, 1.165) is 5.56 Å². The first-order chi connectivity index (χ1) is 7.65. The minimum Gasteiger partial charge on any atom is -0.339 e. The van der Waals surface area contributed by atoms with Gasteiger partial charge >= 0.3 is 0 Å². The minimum atomic E-state index is -0.207. The summed E-state index contributed by atoms with van der Waals surface area (Å²) in [5, 5.41) is 4.22. The Hall–Kier alpha value is -1.68. The Labute approximate surface area is 97.2 Å². The van der Waals surface area contributed by atoms with Gasteiger partial charge in [-0.3, -0.25) is 4.79 Å². The molecule has 0 radical (unpaired) electrons. The maximum atomic E-state index is 11.0. The number of hydrogen-bond donors (Lipinski definition) is 0. The topological polar surface area (TPSA) is 56.0 Å². The molecule has 0 saturated heterocycles. The molecule has 0 aliphatic carbocycles. The molecule has 0 atom stereocenters. The summed E-state index contributed by atoms with van der Waals surface area (Å²) < 4.78 is 4.94. The van der Waals surface area contributed by atoms with Gasteiger partial charge in [-0.05, 0) is 17.7 Å². The zero-order valence-electron chi connectivity index (χ0n) is 8.61. The van der Waals surface area contributed by atoms with Crippen LogP contribution >= 0.6 is 11.6 Å². The maximum absolute atomic E-state index is 11.0. The number of benzene rings is 1. The Morgan fingerprint density at radius 2 is 2.31 bits per heavy atom. The molecular weight excluding hydrogens is 228 g/mol. The Kier molecular flexibility index (Phi) is 3.01. The monoisotopic (exact) mass is 236 g/mol. The highest BCUT2D eigenvalue weighted by Crippen LogP contribution is 2.13. The zero-order chi connectivity index (χ0) is 11.5. The summed E-state index contributed by atoms with van der Waals surface area (Å²) in [5.41, 5.74) is 0.964. The van der Waals surface area contributed by atoms with Crippen LogP contribution in [0, 0.1) is 0 Å². The molecule has 0 amide bonds. The molecule has 1 heterocycles. The van der Waals surface area contributed by atoms with Crippen molar-refractivity contribution in [2.24, 2.45) is 0 Å². The third kappa shape index (κ3) is 2.46. The molecule has 0 saturated carbocycles. The fourth-order valence-corrected chi connectivity index (χ4v) is 1.50. The van der Waals surface area contributed by atoms with Crippen molar-refractivity contribution in [2.75, 3.05) is 0 Å². The standard InChI is InChI=1S/C11H9ClN2O2/c1-7(15)11-13-10(16-14-11)6-8-3-2-4-9(12)5-8/h2-5H,6H2,1H3. The van der Waals surface area contributed by atoms with Crippen LogP contribution in [-0.4, -0.2) is 15.9 Å². The molecule has 0 aliphatic rings. The first kappa shape index (κ1) is 10.8. The van der Waals surface area contributed by atoms with E-state index in [1.54, 1.807) is 6.07 Å². The lowest BCUT2D eigenvalue weighted by molar-refractivity contribution is 0.100. The number of nitrogens with zero attached hydrogens (tertiary/aromatic N) is 2. The number of hydrogen-bond acceptors (Lipinski definition) is 4. The zero-order valence-corrected chi connectivity index (χ0v) is 9.36. The third-order valence-corrected chi connectivity index (χ3v) is 2.26. The molecule has 0 aliphatic heterocycles. The van der Waals surface area contributed by atoms with Crippen molar-refractivity contribution >= 4 is 17.4 Å². The average molecular weight is 237 g/mol.